The molecule has 1 aromatic carbocycles. The van der Waals surface area contributed by atoms with Crippen molar-refractivity contribution in [2.45, 2.75) is 45.0 Å². The van der Waals surface area contributed by atoms with E-state index < -0.39 is 23.5 Å². The molecule has 0 N–H and O–H groups in total. The lowest BCUT2D eigenvalue weighted by molar-refractivity contribution is -0.121. The summed E-state index contributed by atoms with van der Waals surface area (Å²) in [7, 11) is 1.29. The van der Waals surface area contributed by atoms with E-state index in [1.54, 1.807) is 6.92 Å². The van der Waals surface area contributed by atoms with Crippen LogP contribution in [0, 0.1) is 17.6 Å². The number of halogens is 2. The molecule has 130 valence electrons. The number of ether oxygens (including phenoxy) is 3. The van der Waals surface area contributed by atoms with Crippen molar-refractivity contribution >= 4 is 5.78 Å². The summed E-state index contributed by atoms with van der Waals surface area (Å²) in [5.41, 5.74) is -0.523. The molecule has 24 heavy (non-hydrogen) atoms. The number of fused-ring (bicyclic) bond motifs is 1. The maximum absolute atomic E-state index is 14.2. The van der Waals surface area contributed by atoms with Gasteiger partial charge in [0.05, 0.1) is 7.11 Å². The number of carbonyl (C=O) groups is 1. The van der Waals surface area contributed by atoms with Gasteiger partial charge in [-0.3, -0.25) is 4.79 Å². The maximum Gasteiger partial charge on any atom is 0.197 e. The van der Waals surface area contributed by atoms with Crippen LogP contribution in [0.25, 0.3) is 0 Å². The standard InChI is InChI=1S/C18H20F2O4/c1-10(6-12-7-15(20)16(22-3)9-14(12)19)18-5-4-13(21)8-17(18)23-11(2)24-18/h7-11H,4-6H2,1-3H3/t10-,11?,18+/m0/s1. The van der Waals surface area contributed by atoms with Gasteiger partial charge in [-0.1, -0.05) is 6.92 Å². The third-order valence-electron chi connectivity index (χ3n) is 4.76. The van der Waals surface area contributed by atoms with Crippen molar-refractivity contribution in [3.05, 3.63) is 41.2 Å². The van der Waals surface area contributed by atoms with Crippen molar-refractivity contribution in [2.24, 2.45) is 5.92 Å². The molecule has 1 saturated heterocycles. The summed E-state index contributed by atoms with van der Waals surface area (Å²) >= 11 is 0. The van der Waals surface area contributed by atoms with Crippen molar-refractivity contribution in [2.75, 3.05) is 7.11 Å². The molecule has 0 saturated carbocycles. The quantitative estimate of drug-likeness (QED) is 0.842. The van der Waals surface area contributed by atoms with Gasteiger partial charge in [-0.05, 0) is 37.3 Å². The molecule has 1 fully saturated rings. The fraction of sp³-hybridized carbons (Fsp3) is 0.500. The largest absolute Gasteiger partial charge is 0.494 e. The second-order valence-corrected chi connectivity index (χ2v) is 6.35. The fourth-order valence-corrected chi connectivity index (χ4v) is 3.51. The summed E-state index contributed by atoms with van der Waals surface area (Å²) in [5, 5.41) is 0. The Hall–Kier alpha value is -1.95. The van der Waals surface area contributed by atoms with Gasteiger partial charge in [0.25, 0.3) is 0 Å². The molecule has 1 aromatic rings. The first-order valence-corrected chi connectivity index (χ1v) is 7.97. The first-order chi connectivity index (χ1) is 11.4. The molecule has 6 heteroatoms. The van der Waals surface area contributed by atoms with Crippen LogP contribution in [0.15, 0.2) is 24.0 Å². The normalized spacial score (nSPS) is 27.3. The summed E-state index contributed by atoms with van der Waals surface area (Å²) in [6.07, 6.45) is 2.08. The topological polar surface area (TPSA) is 44.8 Å². The Morgan fingerprint density at radius 3 is 2.83 bits per heavy atom. The Kier molecular flexibility index (Phi) is 4.34. The first-order valence-electron chi connectivity index (χ1n) is 7.97. The highest BCUT2D eigenvalue weighted by molar-refractivity contribution is 5.91. The van der Waals surface area contributed by atoms with Crippen LogP contribution >= 0.6 is 0 Å². The number of rotatable bonds is 4. The van der Waals surface area contributed by atoms with Crippen LogP contribution in [0.1, 0.15) is 32.3 Å². The molecule has 0 aromatic heterocycles. The van der Waals surface area contributed by atoms with Gasteiger partial charge >= 0.3 is 0 Å². The predicted octanol–water partition coefficient (Wildman–Crippen LogP) is 3.53. The zero-order chi connectivity index (χ0) is 17.5. The van der Waals surface area contributed by atoms with Crippen LogP contribution in [0.2, 0.25) is 0 Å². The average molecular weight is 338 g/mol. The lowest BCUT2D eigenvalue weighted by Crippen LogP contribution is -2.42. The van der Waals surface area contributed by atoms with Crippen molar-refractivity contribution in [3.63, 3.8) is 0 Å². The van der Waals surface area contributed by atoms with Crippen LogP contribution in [0.4, 0.5) is 8.78 Å². The van der Waals surface area contributed by atoms with Crippen molar-refractivity contribution in [1.82, 2.24) is 0 Å². The van der Waals surface area contributed by atoms with Gasteiger partial charge in [-0.2, -0.15) is 0 Å². The van der Waals surface area contributed by atoms with E-state index in [0.717, 1.165) is 12.1 Å². The van der Waals surface area contributed by atoms with E-state index in [-0.39, 0.29) is 29.4 Å². The lowest BCUT2D eigenvalue weighted by Gasteiger charge is -2.35. The van der Waals surface area contributed by atoms with Crippen LogP contribution in [-0.4, -0.2) is 24.8 Å². The molecule has 3 rings (SSSR count). The van der Waals surface area contributed by atoms with E-state index in [9.17, 15) is 13.6 Å². The molecule has 1 heterocycles. The van der Waals surface area contributed by atoms with E-state index >= 15 is 0 Å². The molecule has 1 unspecified atom stereocenters. The minimum Gasteiger partial charge on any atom is -0.494 e. The fourth-order valence-electron chi connectivity index (χ4n) is 3.51. The molecule has 4 nitrogen and oxygen atoms in total. The molecule has 1 aliphatic carbocycles. The van der Waals surface area contributed by atoms with E-state index in [4.69, 9.17) is 14.2 Å². The Labute approximate surface area is 139 Å². The van der Waals surface area contributed by atoms with E-state index in [1.165, 1.54) is 13.2 Å². The summed E-state index contributed by atoms with van der Waals surface area (Å²) in [6.45, 7) is 3.65. The summed E-state index contributed by atoms with van der Waals surface area (Å²) < 4.78 is 44.5. The monoisotopic (exact) mass is 338 g/mol. The molecule has 1 aliphatic heterocycles. The van der Waals surface area contributed by atoms with E-state index in [2.05, 4.69) is 0 Å². The molecule has 0 amide bonds. The van der Waals surface area contributed by atoms with Crippen LogP contribution in [0.5, 0.6) is 5.75 Å². The molecule has 0 bridgehead atoms. The molecular formula is C18H20F2O4. The molecule has 2 aliphatic rings. The summed E-state index contributed by atoms with van der Waals surface area (Å²) in [6, 6.07) is 2.20. The number of hydrogen-bond donors (Lipinski definition) is 0. The average Bonchev–Trinajstić information content (AvgIpc) is 2.86. The molecule has 3 atom stereocenters. The minimum absolute atomic E-state index is 0.00722. The number of benzene rings is 1. The highest BCUT2D eigenvalue weighted by atomic mass is 19.1. The Balaban J connectivity index is 1.89. The highest BCUT2D eigenvalue weighted by Crippen LogP contribution is 2.46. The number of carbonyl (C=O) groups excluding carboxylic acids is 1. The Morgan fingerprint density at radius 2 is 2.12 bits per heavy atom. The van der Waals surface area contributed by atoms with Crippen LogP contribution < -0.4 is 4.74 Å². The third-order valence-corrected chi connectivity index (χ3v) is 4.76. The van der Waals surface area contributed by atoms with Crippen molar-refractivity contribution in [1.29, 1.82) is 0 Å². The first kappa shape index (κ1) is 16.9. The summed E-state index contributed by atoms with van der Waals surface area (Å²) in [5.74, 6) is -0.963. The van der Waals surface area contributed by atoms with Crippen molar-refractivity contribution in [3.8, 4) is 5.75 Å². The van der Waals surface area contributed by atoms with Crippen LogP contribution in [0.3, 0.4) is 0 Å². The van der Waals surface area contributed by atoms with E-state index in [1.807, 2.05) is 6.92 Å². The smallest absolute Gasteiger partial charge is 0.197 e. The molecular weight excluding hydrogens is 318 g/mol. The zero-order valence-electron chi connectivity index (χ0n) is 13.9. The minimum atomic E-state index is -0.768. The number of methoxy groups -OCH3 is 1. The SMILES string of the molecule is COc1cc(F)c(C[C@H](C)[C@]23CCC(=O)C=C2OC(C)O3)cc1F. The number of hydrogen-bond acceptors (Lipinski definition) is 4. The maximum atomic E-state index is 14.2. The second kappa shape index (κ2) is 6.16. The second-order valence-electron chi connectivity index (χ2n) is 6.35. The van der Waals surface area contributed by atoms with Crippen LogP contribution in [-0.2, 0) is 20.7 Å². The van der Waals surface area contributed by atoms with Gasteiger partial charge in [0.2, 0.25) is 0 Å². The van der Waals surface area contributed by atoms with Gasteiger partial charge in [-0.15, -0.1) is 0 Å². The predicted molar refractivity (Wildman–Crippen MR) is 82.5 cm³/mol. The Morgan fingerprint density at radius 1 is 1.38 bits per heavy atom. The lowest BCUT2D eigenvalue weighted by atomic mass is 9.76. The molecule has 0 radical (unpaired) electrons. The van der Waals surface area contributed by atoms with Gasteiger partial charge in [0.15, 0.2) is 23.6 Å². The third kappa shape index (κ3) is 2.79. The highest BCUT2D eigenvalue weighted by Gasteiger charge is 2.51. The molecule has 0 spiro atoms. The van der Waals surface area contributed by atoms with Gasteiger partial charge in [0.1, 0.15) is 17.2 Å². The van der Waals surface area contributed by atoms with Gasteiger partial charge < -0.3 is 14.2 Å². The zero-order valence-corrected chi connectivity index (χ0v) is 13.9. The number of ketones is 1. The van der Waals surface area contributed by atoms with E-state index in [0.29, 0.717) is 18.6 Å². The Bertz CT molecular complexity index is 701. The number of allylic oxidation sites excluding steroid dienone is 1. The summed E-state index contributed by atoms with van der Waals surface area (Å²) in [4.78, 5) is 11.7. The van der Waals surface area contributed by atoms with Gasteiger partial charge in [0, 0.05) is 18.6 Å². The van der Waals surface area contributed by atoms with Crippen molar-refractivity contribution < 1.29 is 27.8 Å². The van der Waals surface area contributed by atoms with Gasteiger partial charge in [-0.25, -0.2) is 8.78 Å².